The Labute approximate surface area is 172 Å². The largest absolute Gasteiger partial charge is 0.487 e. The molecule has 0 spiro atoms. The minimum absolute atomic E-state index is 0.0363. The van der Waals surface area contributed by atoms with Crippen LogP contribution < -0.4 is 14.8 Å². The van der Waals surface area contributed by atoms with E-state index in [4.69, 9.17) is 21.1 Å². The van der Waals surface area contributed by atoms with Gasteiger partial charge in [0.25, 0.3) is 0 Å². The van der Waals surface area contributed by atoms with Crippen LogP contribution in [0.15, 0.2) is 54.6 Å². The topological polar surface area (TPSA) is 47.6 Å². The summed E-state index contributed by atoms with van der Waals surface area (Å²) in [5.41, 5.74) is -0.853. The van der Waals surface area contributed by atoms with Gasteiger partial charge >= 0.3 is 6.18 Å². The molecule has 0 fully saturated rings. The summed E-state index contributed by atoms with van der Waals surface area (Å²) >= 11 is 5.91. The molecule has 2 rings (SSSR count). The zero-order chi connectivity index (χ0) is 21.6. The molecule has 0 aromatic heterocycles. The Morgan fingerprint density at radius 2 is 1.79 bits per heavy atom. The summed E-state index contributed by atoms with van der Waals surface area (Å²) in [5.74, 6) is 0.685. The van der Waals surface area contributed by atoms with Crippen LogP contribution in [0.25, 0.3) is 0 Å². The molecule has 0 aliphatic rings. The first-order chi connectivity index (χ1) is 13.5. The molecule has 1 N–H and O–H groups in total. The number of hydrogen-bond acceptors (Lipinski definition) is 3. The summed E-state index contributed by atoms with van der Waals surface area (Å²) in [4.78, 5) is 11.6. The van der Waals surface area contributed by atoms with Gasteiger partial charge in [-0.05, 0) is 57.2 Å². The van der Waals surface area contributed by atoms with Crippen LogP contribution in [0.4, 0.5) is 13.2 Å². The lowest BCUT2D eigenvalue weighted by molar-refractivity contribution is -0.137. The molecule has 8 heteroatoms. The van der Waals surface area contributed by atoms with Crippen molar-refractivity contribution in [3.8, 4) is 17.2 Å². The predicted molar refractivity (Wildman–Crippen MR) is 105 cm³/mol. The summed E-state index contributed by atoms with van der Waals surface area (Å²) in [6.07, 6.45) is -1.87. The van der Waals surface area contributed by atoms with Gasteiger partial charge in [-0.15, -0.1) is 0 Å². The van der Waals surface area contributed by atoms with Crippen molar-refractivity contribution in [2.45, 2.75) is 39.1 Å². The molecule has 0 heterocycles. The van der Waals surface area contributed by atoms with Crippen molar-refractivity contribution < 1.29 is 27.4 Å². The number of alkyl halides is 3. The van der Waals surface area contributed by atoms with Gasteiger partial charge in [-0.3, -0.25) is 4.79 Å². The van der Waals surface area contributed by atoms with Crippen LogP contribution in [0.2, 0.25) is 5.02 Å². The number of halogens is 4. The standard InChI is InChI=1S/C21H21ClF3NO3/c1-13(2)26-20(27)10-7-14(3)28-16-5-4-6-17(12-16)29-19-9-8-15(11-18(19)22)21(23,24)25/h4-14H,1-3H3,(H,26,27). The Hall–Kier alpha value is -2.67. The molecule has 0 aliphatic carbocycles. The van der Waals surface area contributed by atoms with Crippen molar-refractivity contribution in [2.75, 3.05) is 0 Å². The normalized spacial score (nSPS) is 12.8. The van der Waals surface area contributed by atoms with Crippen molar-refractivity contribution >= 4 is 17.5 Å². The summed E-state index contributed by atoms with van der Waals surface area (Å²) in [6, 6.07) is 9.48. The van der Waals surface area contributed by atoms with Gasteiger partial charge in [0, 0.05) is 18.2 Å². The van der Waals surface area contributed by atoms with Crippen LogP contribution in [0.5, 0.6) is 17.2 Å². The van der Waals surface area contributed by atoms with Gasteiger partial charge in [-0.2, -0.15) is 13.2 Å². The van der Waals surface area contributed by atoms with Gasteiger partial charge in [0.15, 0.2) is 0 Å². The molecule has 1 atom stereocenters. The Bertz CT molecular complexity index is 882. The van der Waals surface area contributed by atoms with Gasteiger partial charge < -0.3 is 14.8 Å². The summed E-state index contributed by atoms with van der Waals surface area (Å²) in [7, 11) is 0. The third kappa shape index (κ3) is 7.34. The number of amides is 1. The summed E-state index contributed by atoms with van der Waals surface area (Å²) in [5, 5.41) is 2.58. The molecule has 1 unspecified atom stereocenters. The number of carbonyl (C=O) groups is 1. The number of benzene rings is 2. The van der Waals surface area contributed by atoms with Gasteiger partial charge in [0.2, 0.25) is 5.91 Å². The molecule has 1 amide bonds. The maximum Gasteiger partial charge on any atom is 0.416 e. The van der Waals surface area contributed by atoms with E-state index in [9.17, 15) is 18.0 Å². The average Bonchev–Trinajstić information content (AvgIpc) is 2.60. The lowest BCUT2D eigenvalue weighted by Crippen LogP contribution is -2.28. The zero-order valence-electron chi connectivity index (χ0n) is 16.1. The number of carbonyl (C=O) groups excluding carboxylic acids is 1. The Morgan fingerprint density at radius 3 is 2.41 bits per heavy atom. The molecule has 4 nitrogen and oxygen atoms in total. The fourth-order valence-electron chi connectivity index (χ4n) is 2.31. The SMILES string of the molecule is CC(C)NC(=O)C=CC(C)Oc1cccc(Oc2ccc(C(F)(F)F)cc2Cl)c1. The van der Waals surface area contributed by atoms with E-state index in [1.54, 1.807) is 37.3 Å². The monoisotopic (exact) mass is 427 g/mol. The lowest BCUT2D eigenvalue weighted by Gasteiger charge is -2.14. The van der Waals surface area contributed by atoms with Crippen molar-refractivity contribution in [3.63, 3.8) is 0 Å². The second-order valence-electron chi connectivity index (χ2n) is 6.57. The van der Waals surface area contributed by atoms with Gasteiger partial charge in [0.1, 0.15) is 23.4 Å². The average molecular weight is 428 g/mol. The Balaban J connectivity index is 2.04. The number of rotatable bonds is 7. The summed E-state index contributed by atoms with van der Waals surface area (Å²) in [6.45, 7) is 5.49. The first kappa shape index (κ1) is 22.6. The lowest BCUT2D eigenvalue weighted by atomic mass is 10.2. The van der Waals surface area contributed by atoms with Gasteiger partial charge in [0.05, 0.1) is 10.6 Å². The van der Waals surface area contributed by atoms with E-state index in [1.165, 1.54) is 6.08 Å². The van der Waals surface area contributed by atoms with E-state index >= 15 is 0 Å². The fourth-order valence-corrected chi connectivity index (χ4v) is 2.53. The highest BCUT2D eigenvalue weighted by Crippen LogP contribution is 2.36. The van der Waals surface area contributed by atoms with Crippen LogP contribution in [-0.4, -0.2) is 18.1 Å². The predicted octanol–water partition coefficient (Wildman–Crippen LogP) is 6.00. The molecule has 29 heavy (non-hydrogen) atoms. The van der Waals surface area contributed by atoms with E-state index in [2.05, 4.69) is 5.32 Å². The molecule has 0 radical (unpaired) electrons. The third-order valence-corrected chi connectivity index (χ3v) is 3.86. The molecule has 2 aromatic carbocycles. The zero-order valence-corrected chi connectivity index (χ0v) is 16.8. The molecular weight excluding hydrogens is 407 g/mol. The third-order valence-electron chi connectivity index (χ3n) is 3.56. The van der Waals surface area contributed by atoms with Crippen LogP contribution >= 0.6 is 11.6 Å². The molecule has 2 aromatic rings. The molecule has 156 valence electrons. The van der Waals surface area contributed by atoms with Crippen LogP contribution in [-0.2, 0) is 11.0 Å². The van der Waals surface area contributed by atoms with Crippen LogP contribution in [0.1, 0.15) is 26.3 Å². The Morgan fingerprint density at radius 1 is 1.10 bits per heavy atom. The van der Waals surface area contributed by atoms with Crippen LogP contribution in [0, 0.1) is 0 Å². The molecule has 0 bridgehead atoms. The van der Waals surface area contributed by atoms with Crippen LogP contribution in [0.3, 0.4) is 0 Å². The van der Waals surface area contributed by atoms with E-state index in [1.807, 2.05) is 13.8 Å². The first-order valence-electron chi connectivity index (χ1n) is 8.84. The van der Waals surface area contributed by atoms with Gasteiger partial charge in [-0.1, -0.05) is 17.7 Å². The number of ether oxygens (including phenoxy) is 2. The highest BCUT2D eigenvalue weighted by Gasteiger charge is 2.31. The minimum atomic E-state index is -4.48. The first-order valence-corrected chi connectivity index (χ1v) is 9.22. The summed E-state index contributed by atoms with van der Waals surface area (Å²) < 4.78 is 49.5. The number of nitrogens with one attached hydrogen (secondary N) is 1. The second kappa shape index (κ2) is 9.69. The molecule has 0 aliphatic heterocycles. The minimum Gasteiger partial charge on any atom is -0.487 e. The van der Waals surface area contributed by atoms with Crippen molar-refractivity contribution in [1.29, 1.82) is 0 Å². The van der Waals surface area contributed by atoms with Gasteiger partial charge in [-0.25, -0.2) is 0 Å². The number of hydrogen-bond donors (Lipinski definition) is 1. The molecule has 0 saturated carbocycles. The highest BCUT2D eigenvalue weighted by atomic mass is 35.5. The van der Waals surface area contributed by atoms with E-state index in [0.717, 1.165) is 18.2 Å². The quantitative estimate of drug-likeness (QED) is 0.551. The Kier molecular flexibility index (Phi) is 7.56. The van der Waals surface area contributed by atoms with Crippen molar-refractivity contribution in [2.24, 2.45) is 0 Å². The van der Waals surface area contributed by atoms with E-state index in [-0.39, 0.29) is 22.7 Å². The maximum absolute atomic E-state index is 12.7. The van der Waals surface area contributed by atoms with E-state index in [0.29, 0.717) is 11.5 Å². The fraction of sp³-hybridized carbons (Fsp3) is 0.286. The molecular formula is C21H21ClF3NO3. The smallest absolute Gasteiger partial charge is 0.416 e. The second-order valence-corrected chi connectivity index (χ2v) is 6.97. The van der Waals surface area contributed by atoms with E-state index < -0.39 is 17.8 Å². The van der Waals surface area contributed by atoms with Crippen molar-refractivity contribution in [1.82, 2.24) is 5.32 Å². The highest BCUT2D eigenvalue weighted by molar-refractivity contribution is 6.32. The molecule has 0 saturated heterocycles. The van der Waals surface area contributed by atoms with Crippen molar-refractivity contribution in [3.05, 3.63) is 65.2 Å². The maximum atomic E-state index is 12.7.